The second kappa shape index (κ2) is 6.83. The zero-order valence-electron chi connectivity index (χ0n) is 12.9. The van der Waals surface area contributed by atoms with Crippen molar-refractivity contribution >= 4 is 23.2 Å². The second-order valence-corrected chi connectivity index (χ2v) is 6.44. The van der Waals surface area contributed by atoms with E-state index in [1.807, 2.05) is 18.2 Å². The molecule has 112 valence electrons. The first-order valence-corrected chi connectivity index (χ1v) is 7.92. The fraction of sp³-hybridized carbons (Fsp3) is 0.333. The molecule has 0 fully saturated rings. The molecule has 1 nitrogen and oxygen atoms in total. The molecule has 0 saturated carbocycles. The second-order valence-electron chi connectivity index (χ2n) is 5.63. The van der Waals surface area contributed by atoms with Crippen LogP contribution in [0.3, 0.4) is 0 Å². The highest BCUT2D eigenvalue weighted by molar-refractivity contribution is 6.42. The van der Waals surface area contributed by atoms with Crippen molar-refractivity contribution in [1.29, 1.82) is 0 Å². The number of halogens is 2. The maximum atomic E-state index is 6.09. The van der Waals surface area contributed by atoms with E-state index in [-0.39, 0.29) is 12.1 Å². The Balaban J connectivity index is 2.12. The summed E-state index contributed by atoms with van der Waals surface area (Å²) in [7, 11) is 0. The van der Waals surface area contributed by atoms with Gasteiger partial charge in [-0.3, -0.25) is 0 Å². The Morgan fingerprint density at radius 3 is 1.90 bits per heavy atom. The summed E-state index contributed by atoms with van der Waals surface area (Å²) >= 11 is 12.1. The predicted octanol–water partition coefficient (Wildman–Crippen LogP) is 6.02. The van der Waals surface area contributed by atoms with E-state index in [0.717, 1.165) is 5.56 Å². The zero-order chi connectivity index (χ0) is 15.6. The highest BCUT2D eigenvalue weighted by Crippen LogP contribution is 2.27. The first-order chi connectivity index (χ1) is 9.88. The molecule has 2 rings (SSSR count). The van der Waals surface area contributed by atoms with Crippen molar-refractivity contribution < 1.29 is 0 Å². The van der Waals surface area contributed by atoms with Crippen molar-refractivity contribution in [2.24, 2.45) is 0 Å². The summed E-state index contributed by atoms with van der Waals surface area (Å²) in [6.07, 6.45) is 0. The Kier molecular flexibility index (Phi) is 5.32. The molecule has 0 aliphatic heterocycles. The van der Waals surface area contributed by atoms with Crippen molar-refractivity contribution in [1.82, 2.24) is 5.32 Å². The number of aryl methyl sites for hydroxylation is 2. The average molecular weight is 322 g/mol. The molecule has 0 saturated heterocycles. The molecule has 0 aliphatic rings. The number of rotatable bonds is 4. The highest BCUT2D eigenvalue weighted by Gasteiger charge is 2.12. The lowest BCUT2D eigenvalue weighted by Crippen LogP contribution is -2.22. The van der Waals surface area contributed by atoms with Gasteiger partial charge in [-0.05, 0) is 62.1 Å². The fourth-order valence-electron chi connectivity index (χ4n) is 2.38. The van der Waals surface area contributed by atoms with Gasteiger partial charge in [0.2, 0.25) is 0 Å². The molecular weight excluding hydrogens is 301 g/mol. The Bertz CT molecular complexity index is 582. The van der Waals surface area contributed by atoms with Crippen molar-refractivity contribution in [3.05, 3.63) is 68.7 Å². The van der Waals surface area contributed by atoms with E-state index < -0.39 is 0 Å². The van der Waals surface area contributed by atoms with E-state index in [2.05, 4.69) is 51.2 Å². The predicted molar refractivity (Wildman–Crippen MR) is 92.3 cm³/mol. The standard InChI is InChI=1S/C18H21Cl2N/c1-11-5-6-15(9-12(11)2)13(3)21-14(4)16-7-8-17(19)18(20)10-16/h5-10,13-14,21H,1-4H3. The summed E-state index contributed by atoms with van der Waals surface area (Å²) in [6.45, 7) is 8.60. The van der Waals surface area contributed by atoms with E-state index >= 15 is 0 Å². The minimum Gasteiger partial charge on any atom is -0.304 e. The first-order valence-electron chi connectivity index (χ1n) is 7.16. The van der Waals surface area contributed by atoms with Crippen molar-refractivity contribution in [2.45, 2.75) is 39.8 Å². The molecule has 0 aromatic heterocycles. The molecule has 0 bridgehead atoms. The van der Waals surface area contributed by atoms with Crippen LogP contribution < -0.4 is 5.32 Å². The molecule has 1 N–H and O–H groups in total. The van der Waals surface area contributed by atoms with Gasteiger partial charge >= 0.3 is 0 Å². The van der Waals surface area contributed by atoms with Crippen LogP contribution in [0.15, 0.2) is 36.4 Å². The fourth-order valence-corrected chi connectivity index (χ4v) is 2.69. The minimum atomic E-state index is 0.205. The number of nitrogens with one attached hydrogen (secondary N) is 1. The van der Waals surface area contributed by atoms with Crippen LogP contribution in [0.5, 0.6) is 0 Å². The van der Waals surface area contributed by atoms with E-state index in [1.54, 1.807) is 0 Å². The molecule has 0 spiro atoms. The summed E-state index contributed by atoms with van der Waals surface area (Å²) in [4.78, 5) is 0. The van der Waals surface area contributed by atoms with Crippen LogP contribution in [0, 0.1) is 13.8 Å². The maximum Gasteiger partial charge on any atom is 0.0595 e. The third-order valence-corrected chi connectivity index (χ3v) is 4.71. The lowest BCUT2D eigenvalue weighted by atomic mass is 10.0. The third-order valence-electron chi connectivity index (χ3n) is 3.97. The smallest absolute Gasteiger partial charge is 0.0595 e. The van der Waals surface area contributed by atoms with Gasteiger partial charge in [-0.2, -0.15) is 0 Å². The largest absolute Gasteiger partial charge is 0.304 e. The number of benzene rings is 2. The Morgan fingerprint density at radius 2 is 1.33 bits per heavy atom. The SMILES string of the molecule is Cc1ccc(C(C)NC(C)c2ccc(Cl)c(Cl)c2)cc1C. The van der Waals surface area contributed by atoms with Crippen LogP contribution in [-0.2, 0) is 0 Å². The van der Waals surface area contributed by atoms with Crippen LogP contribution in [0.2, 0.25) is 10.0 Å². The topological polar surface area (TPSA) is 12.0 Å². The Morgan fingerprint density at radius 1 is 0.762 bits per heavy atom. The van der Waals surface area contributed by atoms with Crippen molar-refractivity contribution in [3.8, 4) is 0 Å². The van der Waals surface area contributed by atoms with Gasteiger partial charge in [0.1, 0.15) is 0 Å². The van der Waals surface area contributed by atoms with E-state index in [0.29, 0.717) is 10.0 Å². The first kappa shape index (κ1) is 16.4. The molecule has 2 aromatic rings. The summed E-state index contributed by atoms with van der Waals surface area (Å²) < 4.78 is 0. The molecule has 0 radical (unpaired) electrons. The lowest BCUT2D eigenvalue weighted by molar-refractivity contribution is 0.494. The van der Waals surface area contributed by atoms with Gasteiger partial charge in [-0.15, -0.1) is 0 Å². The summed E-state index contributed by atoms with van der Waals surface area (Å²) in [5, 5.41) is 4.80. The normalized spacial score (nSPS) is 14.0. The Labute approximate surface area is 137 Å². The quantitative estimate of drug-likeness (QED) is 0.725. The van der Waals surface area contributed by atoms with Gasteiger partial charge < -0.3 is 5.32 Å². The summed E-state index contributed by atoms with van der Waals surface area (Å²) in [5.74, 6) is 0. The average Bonchev–Trinajstić information content (AvgIpc) is 2.44. The van der Waals surface area contributed by atoms with Gasteiger partial charge in [0.05, 0.1) is 10.0 Å². The molecule has 2 unspecified atom stereocenters. The molecule has 2 aromatic carbocycles. The Hall–Kier alpha value is -1.02. The summed E-state index contributed by atoms with van der Waals surface area (Å²) in [5.41, 5.74) is 5.08. The van der Waals surface area contributed by atoms with E-state index in [9.17, 15) is 0 Å². The van der Waals surface area contributed by atoms with E-state index in [4.69, 9.17) is 23.2 Å². The van der Waals surface area contributed by atoms with Crippen LogP contribution in [0.4, 0.5) is 0 Å². The number of hydrogen-bond acceptors (Lipinski definition) is 1. The lowest BCUT2D eigenvalue weighted by Gasteiger charge is -2.22. The van der Waals surface area contributed by atoms with Crippen LogP contribution in [0.25, 0.3) is 0 Å². The maximum absolute atomic E-state index is 6.09. The van der Waals surface area contributed by atoms with Gasteiger partial charge in [-0.1, -0.05) is 47.5 Å². The molecule has 3 heteroatoms. The minimum absolute atomic E-state index is 0.205. The number of hydrogen-bond donors (Lipinski definition) is 1. The van der Waals surface area contributed by atoms with Crippen molar-refractivity contribution in [2.75, 3.05) is 0 Å². The highest BCUT2D eigenvalue weighted by atomic mass is 35.5. The monoisotopic (exact) mass is 321 g/mol. The van der Waals surface area contributed by atoms with Gasteiger partial charge in [0, 0.05) is 12.1 Å². The summed E-state index contributed by atoms with van der Waals surface area (Å²) in [6, 6.07) is 12.9. The molecule has 0 amide bonds. The molecule has 0 heterocycles. The molecule has 2 atom stereocenters. The molecule has 21 heavy (non-hydrogen) atoms. The molecule has 0 aliphatic carbocycles. The molecular formula is C18H21Cl2N. The van der Waals surface area contributed by atoms with Gasteiger partial charge in [0.15, 0.2) is 0 Å². The van der Waals surface area contributed by atoms with Crippen LogP contribution >= 0.6 is 23.2 Å². The van der Waals surface area contributed by atoms with Crippen molar-refractivity contribution in [3.63, 3.8) is 0 Å². The zero-order valence-corrected chi connectivity index (χ0v) is 14.4. The van der Waals surface area contributed by atoms with E-state index in [1.165, 1.54) is 16.7 Å². The van der Waals surface area contributed by atoms with Gasteiger partial charge in [-0.25, -0.2) is 0 Å². The van der Waals surface area contributed by atoms with Gasteiger partial charge in [0.25, 0.3) is 0 Å². The van der Waals surface area contributed by atoms with Crippen LogP contribution in [0.1, 0.15) is 48.2 Å². The van der Waals surface area contributed by atoms with Crippen LogP contribution in [-0.4, -0.2) is 0 Å². The third kappa shape index (κ3) is 4.00.